The van der Waals surface area contributed by atoms with Crippen molar-refractivity contribution in [1.29, 1.82) is 0 Å². The Morgan fingerprint density at radius 1 is 1.60 bits per heavy atom. The van der Waals surface area contributed by atoms with Gasteiger partial charge in [0.05, 0.1) is 0 Å². The van der Waals surface area contributed by atoms with Crippen molar-refractivity contribution in [2.75, 3.05) is 5.73 Å². The Balaban J connectivity index is 2.44. The van der Waals surface area contributed by atoms with Crippen LogP contribution in [0.5, 0.6) is 0 Å². The highest BCUT2D eigenvalue weighted by molar-refractivity contribution is 7.71. The Kier molecular flexibility index (Phi) is 4.23. The highest BCUT2D eigenvalue weighted by Gasteiger charge is 2.01. The highest BCUT2D eigenvalue weighted by atomic mass is 32.1. The fraction of sp³-hybridized carbons (Fsp3) is 0.444. The van der Waals surface area contributed by atoms with Crippen LogP contribution in [0.1, 0.15) is 24.8 Å². The molecule has 0 aliphatic heterocycles. The van der Waals surface area contributed by atoms with Crippen LogP contribution in [0.25, 0.3) is 0 Å². The maximum absolute atomic E-state index is 10.3. The molecular formula is C9H13N3O2S. The molecule has 4 N–H and O–H groups in total. The molecule has 0 radical (unpaired) electrons. The van der Waals surface area contributed by atoms with Crippen LogP contribution in [0.3, 0.4) is 0 Å². The number of rotatable bonds is 5. The summed E-state index contributed by atoms with van der Waals surface area (Å²) in [5, 5.41) is 8.44. The molecule has 0 aliphatic carbocycles. The zero-order valence-corrected chi connectivity index (χ0v) is 9.01. The normalized spacial score (nSPS) is 10.1. The largest absolute Gasteiger partial charge is 0.481 e. The van der Waals surface area contributed by atoms with E-state index in [4.69, 9.17) is 23.1 Å². The second-order valence-corrected chi connectivity index (χ2v) is 3.61. The highest BCUT2D eigenvalue weighted by Crippen LogP contribution is 2.10. The Labute approximate surface area is 92.3 Å². The third-order valence-corrected chi connectivity index (χ3v) is 2.22. The first-order valence-electron chi connectivity index (χ1n) is 4.65. The first-order valence-corrected chi connectivity index (χ1v) is 5.06. The van der Waals surface area contributed by atoms with Gasteiger partial charge in [0.15, 0.2) is 4.77 Å². The number of aromatic amines is 1. The van der Waals surface area contributed by atoms with Crippen LogP contribution < -0.4 is 5.73 Å². The predicted molar refractivity (Wildman–Crippen MR) is 59.0 cm³/mol. The second-order valence-electron chi connectivity index (χ2n) is 3.23. The lowest BCUT2D eigenvalue weighted by atomic mass is 10.1. The second kappa shape index (κ2) is 5.45. The Bertz CT molecular complexity index is 403. The number of aromatic nitrogens is 2. The van der Waals surface area contributed by atoms with E-state index < -0.39 is 5.97 Å². The van der Waals surface area contributed by atoms with E-state index in [1.807, 2.05) is 0 Å². The third kappa shape index (κ3) is 4.07. The summed E-state index contributed by atoms with van der Waals surface area (Å²) >= 11 is 4.80. The predicted octanol–water partition coefficient (Wildman–Crippen LogP) is 1.52. The van der Waals surface area contributed by atoms with Gasteiger partial charge >= 0.3 is 5.97 Å². The van der Waals surface area contributed by atoms with E-state index in [9.17, 15) is 4.79 Å². The van der Waals surface area contributed by atoms with Gasteiger partial charge in [0.2, 0.25) is 0 Å². The number of nitrogens with two attached hydrogens (primary N) is 1. The number of nitrogens with zero attached hydrogens (tertiary/aromatic N) is 1. The molecule has 0 amide bonds. The zero-order chi connectivity index (χ0) is 11.3. The molecule has 0 spiro atoms. The molecule has 0 bridgehead atoms. The average Bonchev–Trinajstić information content (AvgIpc) is 2.14. The molecule has 15 heavy (non-hydrogen) atoms. The number of nitrogens with one attached hydrogen (secondary N) is 1. The van der Waals surface area contributed by atoms with Gasteiger partial charge in [-0.25, -0.2) is 4.98 Å². The number of aliphatic carboxylic acids is 1. The smallest absolute Gasteiger partial charge is 0.303 e. The number of carboxylic acid groups (broad SMARTS) is 1. The molecule has 0 aliphatic rings. The molecule has 6 heteroatoms. The minimum Gasteiger partial charge on any atom is -0.481 e. The summed E-state index contributed by atoms with van der Waals surface area (Å²) in [4.78, 5) is 16.9. The van der Waals surface area contributed by atoms with Crippen LogP contribution in [-0.2, 0) is 11.2 Å². The van der Waals surface area contributed by atoms with E-state index in [2.05, 4.69) is 9.97 Å². The molecule has 0 unspecified atom stereocenters. The molecule has 0 saturated heterocycles. The lowest BCUT2D eigenvalue weighted by Crippen LogP contribution is -2.00. The molecule has 1 aromatic rings. The number of hydrogen-bond donors (Lipinski definition) is 3. The fourth-order valence-corrected chi connectivity index (χ4v) is 1.39. The topological polar surface area (TPSA) is 92.0 Å². The monoisotopic (exact) mass is 227 g/mol. The maximum Gasteiger partial charge on any atom is 0.303 e. The molecule has 0 atom stereocenters. The number of carbonyl (C=O) groups is 1. The molecule has 0 saturated carbocycles. The summed E-state index contributed by atoms with van der Waals surface area (Å²) in [7, 11) is 0. The molecule has 5 nitrogen and oxygen atoms in total. The van der Waals surface area contributed by atoms with E-state index in [-0.39, 0.29) is 6.42 Å². The summed E-state index contributed by atoms with van der Waals surface area (Å²) in [5.74, 6) is -0.251. The molecule has 0 fully saturated rings. The van der Waals surface area contributed by atoms with Crippen LogP contribution in [-0.4, -0.2) is 21.0 Å². The quantitative estimate of drug-likeness (QED) is 0.524. The number of H-pyrrole nitrogens is 1. The number of anilines is 1. The molecule has 1 rings (SSSR count). The summed E-state index contributed by atoms with van der Waals surface area (Å²) < 4.78 is 0.363. The van der Waals surface area contributed by atoms with Crippen molar-refractivity contribution in [3.8, 4) is 0 Å². The molecule has 1 heterocycles. The van der Waals surface area contributed by atoms with E-state index in [1.165, 1.54) is 0 Å². The summed E-state index contributed by atoms with van der Waals surface area (Å²) in [6.07, 6.45) is 3.97. The molecule has 0 aromatic carbocycles. The van der Waals surface area contributed by atoms with Gasteiger partial charge in [0, 0.05) is 18.2 Å². The van der Waals surface area contributed by atoms with Crippen LogP contribution in [0.2, 0.25) is 0 Å². The van der Waals surface area contributed by atoms with Gasteiger partial charge in [0.25, 0.3) is 0 Å². The lowest BCUT2D eigenvalue weighted by Gasteiger charge is -2.03. The van der Waals surface area contributed by atoms with Crippen molar-refractivity contribution in [1.82, 2.24) is 9.97 Å². The van der Waals surface area contributed by atoms with Crippen molar-refractivity contribution in [2.24, 2.45) is 0 Å². The maximum atomic E-state index is 10.3. The van der Waals surface area contributed by atoms with Gasteiger partial charge in [-0.2, -0.15) is 0 Å². The van der Waals surface area contributed by atoms with Crippen molar-refractivity contribution in [2.45, 2.75) is 25.7 Å². The zero-order valence-electron chi connectivity index (χ0n) is 8.19. The third-order valence-electron chi connectivity index (χ3n) is 2.01. The standard InChI is InChI=1S/C9H13N3O2S/c10-8-6(5-11-9(15)12-8)3-1-2-4-7(13)14/h5H,1-4H2,(H,13,14)(H3,10,11,12,15). The van der Waals surface area contributed by atoms with Gasteiger partial charge in [-0.3, -0.25) is 4.79 Å². The average molecular weight is 227 g/mol. The van der Waals surface area contributed by atoms with Gasteiger partial charge < -0.3 is 15.8 Å². The van der Waals surface area contributed by atoms with Crippen LogP contribution in [0.4, 0.5) is 5.82 Å². The number of unbranched alkanes of at least 4 members (excludes halogenated alkanes) is 1. The van der Waals surface area contributed by atoms with Crippen molar-refractivity contribution in [3.05, 3.63) is 16.5 Å². The van der Waals surface area contributed by atoms with Crippen molar-refractivity contribution in [3.63, 3.8) is 0 Å². The van der Waals surface area contributed by atoms with Crippen LogP contribution >= 0.6 is 12.2 Å². The van der Waals surface area contributed by atoms with Crippen LogP contribution in [0.15, 0.2) is 6.20 Å². The SMILES string of the molecule is Nc1[nH]c(=S)ncc1CCCCC(=O)O. The van der Waals surface area contributed by atoms with Gasteiger partial charge in [0.1, 0.15) is 5.82 Å². The van der Waals surface area contributed by atoms with E-state index >= 15 is 0 Å². The van der Waals surface area contributed by atoms with Gasteiger partial charge in [-0.15, -0.1) is 0 Å². The number of carboxylic acids is 1. The van der Waals surface area contributed by atoms with Crippen molar-refractivity contribution >= 4 is 24.0 Å². The molecule has 82 valence electrons. The Morgan fingerprint density at radius 3 is 2.93 bits per heavy atom. The molecule has 1 aromatic heterocycles. The lowest BCUT2D eigenvalue weighted by molar-refractivity contribution is -0.137. The fourth-order valence-electron chi connectivity index (χ4n) is 1.22. The molecular weight excluding hydrogens is 214 g/mol. The minimum atomic E-state index is -0.770. The minimum absolute atomic E-state index is 0.191. The van der Waals surface area contributed by atoms with E-state index in [0.29, 0.717) is 17.0 Å². The summed E-state index contributed by atoms with van der Waals surface area (Å²) in [5.41, 5.74) is 6.57. The summed E-state index contributed by atoms with van der Waals surface area (Å²) in [6, 6.07) is 0. The number of aryl methyl sites for hydroxylation is 1. The van der Waals surface area contributed by atoms with Crippen molar-refractivity contribution < 1.29 is 9.90 Å². The summed E-state index contributed by atoms with van der Waals surface area (Å²) in [6.45, 7) is 0. The first-order chi connectivity index (χ1) is 7.09. The van der Waals surface area contributed by atoms with E-state index in [0.717, 1.165) is 18.4 Å². The first kappa shape index (κ1) is 11.6. The number of hydrogen-bond acceptors (Lipinski definition) is 4. The van der Waals surface area contributed by atoms with Gasteiger partial charge in [-0.1, -0.05) is 0 Å². The van der Waals surface area contributed by atoms with Gasteiger partial charge in [-0.05, 0) is 31.5 Å². The van der Waals surface area contributed by atoms with E-state index in [1.54, 1.807) is 6.20 Å². The van der Waals surface area contributed by atoms with Crippen LogP contribution in [0, 0.1) is 4.77 Å². The Hall–Kier alpha value is -1.43. The number of nitrogen functional groups attached to an aromatic ring is 1. The Morgan fingerprint density at radius 2 is 2.33 bits per heavy atom.